The first-order valence-corrected chi connectivity index (χ1v) is 5.87. The molecule has 7 heteroatoms. The standard InChI is InChI=1S/C14H11F3O4/c1-2-7-20-13(14(15,16)17)10(12(18)19)8-9-5-3-4-6-11(9)21-13/h2-6,8H,1,7H2,(H,18,19)/t13-/m1/s1. The van der Waals surface area contributed by atoms with E-state index >= 15 is 0 Å². The van der Waals surface area contributed by atoms with E-state index in [2.05, 4.69) is 6.58 Å². The Bertz CT molecular complexity index is 606. The molecule has 21 heavy (non-hydrogen) atoms. The monoisotopic (exact) mass is 300 g/mol. The van der Waals surface area contributed by atoms with Gasteiger partial charge in [-0.1, -0.05) is 24.3 Å². The van der Waals surface area contributed by atoms with Crippen LogP contribution in [0.4, 0.5) is 13.2 Å². The van der Waals surface area contributed by atoms with Crippen molar-refractivity contribution in [2.45, 2.75) is 12.0 Å². The molecule has 1 aromatic carbocycles. The maximum absolute atomic E-state index is 13.4. The summed E-state index contributed by atoms with van der Waals surface area (Å²) in [4.78, 5) is 11.2. The van der Waals surface area contributed by atoms with E-state index in [1.54, 1.807) is 6.07 Å². The number of carboxylic acid groups (broad SMARTS) is 1. The topological polar surface area (TPSA) is 55.8 Å². The van der Waals surface area contributed by atoms with E-state index in [-0.39, 0.29) is 11.3 Å². The van der Waals surface area contributed by atoms with Crippen LogP contribution in [-0.4, -0.2) is 29.6 Å². The highest BCUT2D eigenvalue weighted by Gasteiger charge is 2.65. The molecule has 0 saturated heterocycles. The van der Waals surface area contributed by atoms with E-state index in [1.807, 2.05) is 0 Å². The summed E-state index contributed by atoms with van der Waals surface area (Å²) in [6, 6.07) is 5.80. The van der Waals surface area contributed by atoms with Crippen LogP contribution >= 0.6 is 0 Å². The average molecular weight is 300 g/mol. The second-order valence-electron chi connectivity index (χ2n) is 4.22. The van der Waals surface area contributed by atoms with Crippen molar-refractivity contribution >= 4 is 12.0 Å². The van der Waals surface area contributed by atoms with Gasteiger partial charge in [-0.2, -0.15) is 13.2 Å². The molecule has 0 saturated carbocycles. The normalized spacial score (nSPS) is 21.0. The number of benzene rings is 1. The average Bonchev–Trinajstić information content (AvgIpc) is 2.42. The minimum Gasteiger partial charge on any atom is -0.478 e. The Kier molecular flexibility index (Phi) is 3.78. The summed E-state index contributed by atoms with van der Waals surface area (Å²) in [5, 5.41) is 9.11. The van der Waals surface area contributed by atoms with Crippen LogP contribution in [0.15, 0.2) is 42.5 Å². The molecule has 112 valence electrons. The molecule has 1 aromatic rings. The molecule has 1 heterocycles. The molecule has 1 aliphatic rings. The Balaban J connectivity index is 2.63. The zero-order valence-electron chi connectivity index (χ0n) is 10.7. The Hall–Kier alpha value is -2.28. The fourth-order valence-corrected chi connectivity index (χ4v) is 1.93. The van der Waals surface area contributed by atoms with Crippen molar-refractivity contribution in [3.8, 4) is 5.75 Å². The van der Waals surface area contributed by atoms with Crippen LogP contribution in [0.5, 0.6) is 5.75 Å². The van der Waals surface area contributed by atoms with Crippen LogP contribution in [0.1, 0.15) is 5.56 Å². The van der Waals surface area contributed by atoms with Crippen LogP contribution in [0.3, 0.4) is 0 Å². The summed E-state index contributed by atoms with van der Waals surface area (Å²) >= 11 is 0. The Labute approximate surface area is 118 Å². The molecule has 0 amide bonds. The van der Waals surface area contributed by atoms with E-state index in [1.165, 1.54) is 18.2 Å². The van der Waals surface area contributed by atoms with Crippen LogP contribution in [0, 0.1) is 0 Å². The van der Waals surface area contributed by atoms with Crippen molar-refractivity contribution in [2.24, 2.45) is 0 Å². The molecule has 0 unspecified atom stereocenters. The lowest BCUT2D eigenvalue weighted by Gasteiger charge is -2.38. The first kappa shape index (κ1) is 15.1. The highest BCUT2D eigenvalue weighted by Crippen LogP contribution is 2.46. The summed E-state index contributed by atoms with van der Waals surface area (Å²) in [5.41, 5.74) is -0.799. The van der Waals surface area contributed by atoms with Gasteiger partial charge < -0.3 is 14.6 Å². The van der Waals surface area contributed by atoms with E-state index in [0.717, 1.165) is 12.2 Å². The van der Waals surface area contributed by atoms with Gasteiger partial charge in [0.05, 0.1) is 6.61 Å². The maximum Gasteiger partial charge on any atom is 0.460 e. The van der Waals surface area contributed by atoms with Gasteiger partial charge in [0.2, 0.25) is 0 Å². The van der Waals surface area contributed by atoms with Crippen molar-refractivity contribution in [2.75, 3.05) is 6.61 Å². The molecule has 0 bridgehead atoms. The number of halogens is 3. The molecule has 0 aromatic heterocycles. The smallest absolute Gasteiger partial charge is 0.460 e. The number of fused-ring (bicyclic) bond motifs is 1. The van der Waals surface area contributed by atoms with Crippen LogP contribution < -0.4 is 4.74 Å². The van der Waals surface area contributed by atoms with Gasteiger partial charge in [0, 0.05) is 5.56 Å². The van der Waals surface area contributed by atoms with Gasteiger partial charge in [0.1, 0.15) is 11.3 Å². The van der Waals surface area contributed by atoms with Gasteiger partial charge in [-0.05, 0) is 12.1 Å². The number of hydrogen-bond acceptors (Lipinski definition) is 3. The Morgan fingerprint density at radius 1 is 1.43 bits per heavy atom. The summed E-state index contributed by atoms with van der Waals surface area (Å²) in [6.07, 6.45) is -3.09. The van der Waals surface area contributed by atoms with Crippen molar-refractivity contribution in [3.05, 3.63) is 48.1 Å². The molecule has 1 aliphatic heterocycles. The highest BCUT2D eigenvalue weighted by atomic mass is 19.4. The number of ether oxygens (including phenoxy) is 2. The van der Waals surface area contributed by atoms with Gasteiger partial charge in [0.15, 0.2) is 0 Å². The third-order valence-corrected chi connectivity index (χ3v) is 2.84. The summed E-state index contributed by atoms with van der Waals surface area (Å²) in [5.74, 6) is -5.24. The second-order valence-corrected chi connectivity index (χ2v) is 4.22. The lowest BCUT2D eigenvalue weighted by molar-refractivity contribution is -0.330. The van der Waals surface area contributed by atoms with Crippen molar-refractivity contribution in [3.63, 3.8) is 0 Å². The SMILES string of the molecule is C=CCO[C@@]1(C(F)(F)F)Oc2ccccc2C=C1C(=O)O. The first-order chi connectivity index (χ1) is 9.82. The largest absolute Gasteiger partial charge is 0.478 e. The quantitative estimate of drug-likeness (QED) is 0.868. The molecule has 1 atom stereocenters. The van der Waals surface area contributed by atoms with E-state index < -0.39 is 30.1 Å². The van der Waals surface area contributed by atoms with Gasteiger partial charge in [-0.3, -0.25) is 0 Å². The number of hydrogen-bond donors (Lipinski definition) is 1. The number of carbonyl (C=O) groups is 1. The molecule has 1 N–H and O–H groups in total. The predicted octanol–water partition coefficient (Wildman–Crippen LogP) is 3.01. The Morgan fingerprint density at radius 2 is 2.10 bits per heavy atom. The molecular formula is C14H11F3O4. The van der Waals surface area contributed by atoms with E-state index in [4.69, 9.17) is 14.6 Å². The third-order valence-electron chi connectivity index (χ3n) is 2.84. The maximum atomic E-state index is 13.4. The summed E-state index contributed by atoms with van der Waals surface area (Å²) in [6.45, 7) is 2.74. The van der Waals surface area contributed by atoms with Crippen LogP contribution in [0.2, 0.25) is 0 Å². The molecule has 4 nitrogen and oxygen atoms in total. The minimum atomic E-state index is -5.08. The zero-order valence-corrected chi connectivity index (χ0v) is 10.7. The van der Waals surface area contributed by atoms with Crippen LogP contribution in [-0.2, 0) is 9.53 Å². The second kappa shape index (κ2) is 5.25. The first-order valence-electron chi connectivity index (χ1n) is 5.87. The minimum absolute atomic E-state index is 0.108. The number of carboxylic acids is 1. The molecule has 0 spiro atoms. The van der Waals surface area contributed by atoms with E-state index in [0.29, 0.717) is 0 Å². The molecule has 0 fully saturated rings. The molecule has 0 radical (unpaired) electrons. The number of aliphatic carboxylic acids is 1. The van der Waals surface area contributed by atoms with Gasteiger partial charge >= 0.3 is 17.9 Å². The fraction of sp³-hybridized carbons (Fsp3) is 0.214. The molecular weight excluding hydrogens is 289 g/mol. The van der Waals surface area contributed by atoms with Crippen molar-refractivity contribution < 1.29 is 32.5 Å². The lowest BCUT2D eigenvalue weighted by atomic mass is 9.98. The van der Waals surface area contributed by atoms with E-state index in [9.17, 15) is 18.0 Å². The van der Waals surface area contributed by atoms with Gasteiger partial charge in [-0.25, -0.2) is 4.79 Å². The van der Waals surface area contributed by atoms with Gasteiger partial charge in [0.25, 0.3) is 0 Å². The molecule has 0 aliphatic carbocycles. The highest BCUT2D eigenvalue weighted by molar-refractivity contribution is 5.95. The third kappa shape index (κ3) is 2.52. The summed E-state index contributed by atoms with van der Waals surface area (Å²) < 4.78 is 49.9. The van der Waals surface area contributed by atoms with Crippen LogP contribution in [0.25, 0.3) is 6.08 Å². The lowest BCUT2D eigenvalue weighted by Crippen LogP contribution is -2.56. The number of rotatable bonds is 4. The number of para-hydroxylation sites is 1. The van der Waals surface area contributed by atoms with Crippen molar-refractivity contribution in [1.82, 2.24) is 0 Å². The Morgan fingerprint density at radius 3 is 2.67 bits per heavy atom. The molecule has 2 rings (SSSR count). The predicted molar refractivity (Wildman–Crippen MR) is 67.6 cm³/mol. The zero-order chi connectivity index (χ0) is 15.7. The fourth-order valence-electron chi connectivity index (χ4n) is 1.93. The van der Waals surface area contributed by atoms with Crippen molar-refractivity contribution in [1.29, 1.82) is 0 Å². The number of alkyl halides is 3. The van der Waals surface area contributed by atoms with Gasteiger partial charge in [-0.15, -0.1) is 6.58 Å². The summed E-state index contributed by atoms with van der Waals surface area (Å²) in [7, 11) is 0.